The zero-order valence-electron chi connectivity index (χ0n) is 35.8. The van der Waals surface area contributed by atoms with Crippen molar-refractivity contribution in [1.82, 2.24) is 10.6 Å². The van der Waals surface area contributed by atoms with Gasteiger partial charge in [0, 0.05) is 65.8 Å². The van der Waals surface area contributed by atoms with Crippen molar-refractivity contribution in [2.24, 2.45) is 5.73 Å². The summed E-state index contributed by atoms with van der Waals surface area (Å²) in [6, 6.07) is 6.02. The monoisotopic (exact) mass is 859 g/mol. The van der Waals surface area contributed by atoms with Crippen LogP contribution in [0.25, 0.3) is 0 Å². The third-order valence-electron chi connectivity index (χ3n) is 11.9. The standard InChI is InChI=1S/C45H53N3O14/c1-9-28(49)47-21(4)42(56)62-41-20(3)14-13-19(2)35(41)44(6,7)18-29(50)48-43(57)45(58)16-24-32(27(17-45)61-30-15-25(46)36(51)22(5)60-30)40(55)34-33(38(24)53)37(52)23-11-10-12-26(59-8)31(23)39(34)54/h10-14,21-22,25,27,30,36,51,53,55,58H,9,15-18,46H2,1-8H3,(H,47,49)(H,48,50,57)/t21?,22?,25?,27-,30?,36?,45-/m0/s1. The fourth-order valence-electron chi connectivity index (χ4n) is 8.69. The van der Waals surface area contributed by atoms with Gasteiger partial charge in [0.1, 0.15) is 29.0 Å². The first-order valence-corrected chi connectivity index (χ1v) is 20.3. The average Bonchev–Trinajstić information content (AvgIpc) is 3.20. The number of benzene rings is 3. The number of nitrogens with one attached hydrogen (secondary N) is 2. The van der Waals surface area contributed by atoms with Crippen molar-refractivity contribution in [1.29, 1.82) is 0 Å². The first kappa shape index (κ1) is 45.8. The normalized spacial score (nSPS) is 23.6. The summed E-state index contributed by atoms with van der Waals surface area (Å²) in [5.74, 6) is -6.10. The van der Waals surface area contributed by atoms with Gasteiger partial charge in [0.05, 0.1) is 42.1 Å². The molecule has 1 aliphatic heterocycles. The van der Waals surface area contributed by atoms with E-state index in [1.54, 1.807) is 53.7 Å². The molecular weight excluding hydrogens is 807 g/mol. The highest BCUT2D eigenvalue weighted by Crippen LogP contribution is 2.52. The number of aliphatic hydroxyl groups is 2. The van der Waals surface area contributed by atoms with Crippen LogP contribution >= 0.6 is 0 Å². The lowest BCUT2D eigenvalue weighted by atomic mass is 9.72. The van der Waals surface area contributed by atoms with Crippen molar-refractivity contribution in [3.63, 3.8) is 0 Å². The molecule has 3 aliphatic rings. The number of phenols is 2. The van der Waals surface area contributed by atoms with Gasteiger partial charge < -0.3 is 50.4 Å². The molecule has 1 fully saturated rings. The smallest absolute Gasteiger partial charge is 0.333 e. The van der Waals surface area contributed by atoms with Gasteiger partial charge in [0.2, 0.25) is 17.6 Å². The number of nitrogens with two attached hydrogens (primary N) is 1. The number of aromatic hydroxyl groups is 2. The quantitative estimate of drug-likeness (QED) is 0.0649. The van der Waals surface area contributed by atoms with Crippen molar-refractivity contribution >= 4 is 35.3 Å². The van der Waals surface area contributed by atoms with Gasteiger partial charge >= 0.3 is 5.97 Å². The molecule has 1 saturated heterocycles. The first-order valence-electron chi connectivity index (χ1n) is 20.3. The number of phenolic OH excluding ortho intramolecular Hbond substituents is 2. The largest absolute Gasteiger partial charge is 0.507 e. The molecule has 5 unspecified atom stereocenters. The zero-order chi connectivity index (χ0) is 45.7. The summed E-state index contributed by atoms with van der Waals surface area (Å²) in [6.07, 6.45) is -6.25. The molecule has 8 N–H and O–H groups in total. The minimum absolute atomic E-state index is 0.0498. The Morgan fingerprint density at radius 2 is 1.66 bits per heavy atom. The fraction of sp³-hybridized carbons (Fsp3) is 0.467. The van der Waals surface area contributed by atoms with Crippen LogP contribution in [-0.4, -0.2) is 99.0 Å². The van der Waals surface area contributed by atoms with Crippen molar-refractivity contribution in [2.45, 2.75) is 128 Å². The fourth-order valence-corrected chi connectivity index (χ4v) is 8.69. The molecule has 7 atom stereocenters. The van der Waals surface area contributed by atoms with Gasteiger partial charge in [-0.3, -0.25) is 29.3 Å². The van der Waals surface area contributed by atoms with Crippen LogP contribution < -0.4 is 25.8 Å². The molecule has 17 nitrogen and oxygen atoms in total. The van der Waals surface area contributed by atoms with Crippen molar-refractivity contribution in [3.8, 4) is 23.0 Å². The molecule has 3 aromatic carbocycles. The topological polar surface area (TPSA) is 270 Å². The number of fused-ring (bicyclic) bond motifs is 3. The molecule has 332 valence electrons. The van der Waals surface area contributed by atoms with Crippen LogP contribution in [0, 0.1) is 13.8 Å². The van der Waals surface area contributed by atoms with E-state index < -0.39 is 113 Å². The van der Waals surface area contributed by atoms with Crippen LogP contribution in [-0.2, 0) is 40.5 Å². The van der Waals surface area contributed by atoms with Crippen molar-refractivity contribution in [2.75, 3.05) is 7.11 Å². The molecule has 62 heavy (non-hydrogen) atoms. The molecular formula is C45H53N3O14. The molecule has 0 saturated carbocycles. The second-order valence-electron chi connectivity index (χ2n) is 17.0. The van der Waals surface area contributed by atoms with E-state index in [0.29, 0.717) is 16.7 Å². The maximum absolute atomic E-state index is 14.2. The Bertz CT molecular complexity index is 2360. The molecule has 17 heteroatoms. The lowest BCUT2D eigenvalue weighted by molar-refractivity contribution is -0.247. The van der Waals surface area contributed by atoms with Crippen LogP contribution in [0.1, 0.15) is 126 Å². The van der Waals surface area contributed by atoms with Crippen LogP contribution in [0.15, 0.2) is 30.3 Å². The van der Waals surface area contributed by atoms with Crippen LogP contribution in [0.3, 0.4) is 0 Å². The molecule has 1 heterocycles. The summed E-state index contributed by atoms with van der Waals surface area (Å²) in [6.45, 7) is 11.6. The second kappa shape index (κ2) is 17.2. The number of amides is 3. The summed E-state index contributed by atoms with van der Waals surface area (Å²) in [4.78, 5) is 81.2. The third-order valence-corrected chi connectivity index (χ3v) is 11.9. The van der Waals surface area contributed by atoms with Gasteiger partial charge in [0.25, 0.3) is 5.91 Å². The number of carbonyl (C=O) groups is 6. The Morgan fingerprint density at radius 1 is 1.00 bits per heavy atom. The molecule has 2 aliphatic carbocycles. The minimum atomic E-state index is -2.54. The summed E-state index contributed by atoms with van der Waals surface area (Å²) >= 11 is 0. The Morgan fingerprint density at radius 3 is 2.31 bits per heavy atom. The van der Waals surface area contributed by atoms with Gasteiger partial charge in [0.15, 0.2) is 17.7 Å². The minimum Gasteiger partial charge on any atom is -0.507 e. The van der Waals surface area contributed by atoms with E-state index in [1.165, 1.54) is 32.2 Å². The van der Waals surface area contributed by atoms with Crippen molar-refractivity contribution < 1.29 is 68.1 Å². The van der Waals surface area contributed by atoms with Gasteiger partial charge in [-0.25, -0.2) is 4.79 Å². The van der Waals surface area contributed by atoms with Crippen LogP contribution in [0.4, 0.5) is 0 Å². The number of aryl methyl sites for hydroxylation is 2. The molecule has 3 aromatic rings. The van der Waals surface area contributed by atoms with E-state index in [-0.39, 0.29) is 58.9 Å². The number of esters is 1. The highest BCUT2D eigenvalue weighted by Gasteiger charge is 2.51. The zero-order valence-corrected chi connectivity index (χ0v) is 35.8. The van der Waals surface area contributed by atoms with E-state index in [0.717, 1.165) is 0 Å². The molecule has 6 rings (SSSR count). The lowest BCUT2D eigenvalue weighted by Gasteiger charge is -2.42. The van der Waals surface area contributed by atoms with E-state index in [4.69, 9.17) is 24.7 Å². The van der Waals surface area contributed by atoms with Crippen molar-refractivity contribution in [3.05, 3.63) is 80.4 Å². The average molecular weight is 860 g/mol. The van der Waals surface area contributed by atoms with Gasteiger partial charge in [-0.2, -0.15) is 0 Å². The predicted molar refractivity (Wildman–Crippen MR) is 220 cm³/mol. The summed E-state index contributed by atoms with van der Waals surface area (Å²) in [5, 5.41) is 51.3. The first-order chi connectivity index (χ1) is 29.0. The maximum Gasteiger partial charge on any atom is 0.333 e. The number of aliphatic hydroxyl groups excluding tert-OH is 1. The predicted octanol–water partition coefficient (Wildman–Crippen LogP) is 2.89. The van der Waals surface area contributed by atoms with Crippen LogP contribution in [0.2, 0.25) is 0 Å². The molecule has 0 bridgehead atoms. The number of ether oxygens (including phenoxy) is 4. The summed E-state index contributed by atoms with van der Waals surface area (Å²) in [5.41, 5.74) is 2.37. The second-order valence-corrected chi connectivity index (χ2v) is 17.0. The third kappa shape index (κ3) is 8.30. The van der Waals surface area contributed by atoms with E-state index in [1.807, 2.05) is 0 Å². The van der Waals surface area contributed by atoms with E-state index in [2.05, 4.69) is 10.6 Å². The van der Waals surface area contributed by atoms with Gasteiger partial charge in [-0.1, -0.05) is 45.0 Å². The number of rotatable bonds is 11. The Balaban J connectivity index is 1.34. The lowest BCUT2D eigenvalue weighted by Crippen LogP contribution is -2.55. The van der Waals surface area contributed by atoms with Crippen LogP contribution in [0.5, 0.6) is 23.0 Å². The van der Waals surface area contributed by atoms with Gasteiger partial charge in [-0.05, 0) is 44.9 Å². The Kier molecular flexibility index (Phi) is 12.7. The SMILES string of the molecule is CCC(=O)NC(C)C(=O)Oc1c(C)ccc(C)c1C(C)(C)CC(=O)NC(=O)[C@]1(O)Cc2c(O)c3c(c(O)c2[C@@H](OC2CC(N)C(O)C(C)O2)C1)C(=O)c1c(OC)cccc1C3=O. The Hall–Kier alpha value is -5.72. The molecule has 3 amide bonds. The van der Waals surface area contributed by atoms with Gasteiger partial charge in [-0.15, -0.1) is 0 Å². The summed E-state index contributed by atoms with van der Waals surface area (Å²) in [7, 11) is 1.30. The van der Waals surface area contributed by atoms with E-state index >= 15 is 0 Å². The highest BCUT2D eigenvalue weighted by atomic mass is 16.7. The number of hydrogen-bond donors (Lipinski definition) is 7. The molecule has 0 radical (unpaired) electrons. The molecule has 0 spiro atoms. The number of hydrogen-bond acceptors (Lipinski definition) is 15. The maximum atomic E-state index is 14.2. The number of methoxy groups -OCH3 is 1. The highest BCUT2D eigenvalue weighted by molar-refractivity contribution is 6.31. The number of imide groups is 1. The number of carbonyl (C=O) groups excluding carboxylic acids is 6. The molecule has 0 aromatic heterocycles. The Labute approximate surface area is 357 Å². The van der Waals surface area contributed by atoms with E-state index in [9.17, 15) is 49.2 Å². The number of ketones is 2. The summed E-state index contributed by atoms with van der Waals surface area (Å²) < 4.78 is 23.3.